The second-order valence-electron chi connectivity index (χ2n) is 4.35. The summed E-state index contributed by atoms with van der Waals surface area (Å²) in [5, 5.41) is 28.1. The van der Waals surface area contributed by atoms with Crippen LogP contribution in [0, 0.1) is 34.0 Å². The van der Waals surface area contributed by atoms with Crippen molar-refractivity contribution in [3.8, 4) is 28.8 Å². The third-order valence-corrected chi connectivity index (χ3v) is 4.17. The number of benzene rings is 1. The highest BCUT2D eigenvalue weighted by Crippen LogP contribution is 2.36. The van der Waals surface area contributed by atoms with Gasteiger partial charge in [-0.25, -0.2) is 9.97 Å². The Hall–Kier alpha value is -3.47. The van der Waals surface area contributed by atoms with Crippen molar-refractivity contribution in [3.05, 3.63) is 41.1 Å². The molecule has 0 aliphatic rings. The maximum absolute atomic E-state index is 9.32. The van der Waals surface area contributed by atoms with Gasteiger partial charge in [0.2, 0.25) is 0 Å². The SMILES string of the molecule is N#Cc1cc(C#N)c(-c2nc3ccnc(N)c3s2)c(C#N)c1. The number of nitrogens with zero attached hydrogens (tertiary/aromatic N) is 5. The summed E-state index contributed by atoms with van der Waals surface area (Å²) in [6.07, 6.45) is 1.55. The molecule has 0 saturated carbocycles. The largest absolute Gasteiger partial charge is 0.382 e. The van der Waals surface area contributed by atoms with Gasteiger partial charge in [-0.1, -0.05) is 0 Å². The lowest BCUT2D eigenvalue weighted by Crippen LogP contribution is -1.92. The van der Waals surface area contributed by atoms with E-state index < -0.39 is 0 Å². The van der Waals surface area contributed by atoms with Gasteiger partial charge in [0, 0.05) is 11.8 Å². The first-order chi connectivity index (χ1) is 10.7. The topological polar surface area (TPSA) is 123 Å². The lowest BCUT2D eigenvalue weighted by Gasteiger charge is -2.03. The van der Waals surface area contributed by atoms with Crippen molar-refractivity contribution >= 4 is 27.4 Å². The minimum atomic E-state index is 0.237. The van der Waals surface area contributed by atoms with E-state index in [-0.39, 0.29) is 16.7 Å². The summed E-state index contributed by atoms with van der Waals surface area (Å²) in [4.78, 5) is 8.43. The predicted octanol–water partition coefficient (Wildman–Crippen LogP) is 2.56. The molecule has 0 aliphatic carbocycles. The molecule has 3 aromatic rings. The number of hydrogen-bond acceptors (Lipinski definition) is 7. The molecule has 3 rings (SSSR count). The molecule has 0 spiro atoms. The number of fused-ring (bicyclic) bond motifs is 1. The third-order valence-electron chi connectivity index (χ3n) is 3.05. The average Bonchev–Trinajstić information content (AvgIpc) is 2.98. The average molecular weight is 302 g/mol. The van der Waals surface area contributed by atoms with E-state index in [1.807, 2.05) is 18.2 Å². The standard InChI is InChI=1S/C15H6N6S/c16-5-8-3-9(6-17)12(10(4-8)7-18)15-21-11-1-2-20-14(19)13(11)22-15/h1-4H,(H2,19,20). The van der Waals surface area contributed by atoms with Gasteiger partial charge in [0.05, 0.1) is 45.1 Å². The first-order valence-electron chi connectivity index (χ1n) is 6.07. The van der Waals surface area contributed by atoms with Gasteiger partial charge in [-0.05, 0) is 18.2 Å². The van der Waals surface area contributed by atoms with Crippen LogP contribution in [0.4, 0.5) is 5.82 Å². The minimum Gasteiger partial charge on any atom is -0.382 e. The Labute approximate surface area is 129 Å². The van der Waals surface area contributed by atoms with E-state index in [0.717, 1.165) is 0 Å². The number of rotatable bonds is 1. The molecule has 1 aromatic carbocycles. The summed E-state index contributed by atoms with van der Waals surface area (Å²) in [5.41, 5.74) is 7.64. The summed E-state index contributed by atoms with van der Waals surface area (Å²) < 4.78 is 0.703. The molecule has 102 valence electrons. The molecule has 0 fully saturated rings. The molecule has 2 N–H and O–H groups in total. The molecule has 7 heteroatoms. The summed E-state index contributed by atoms with van der Waals surface area (Å²) >= 11 is 1.27. The van der Waals surface area contributed by atoms with Crippen LogP contribution in [-0.2, 0) is 0 Å². The fraction of sp³-hybridized carbons (Fsp3) is 0. The van der Waals surface area contributed by atoms with Crippen molar-refractivity contribution in [1.82, 2.24) is 9.97 Å². The zero-order valence-electron chi connectivity index (χ0n) is 11.0. The van der Waals surface area contributed by atoms with Crippen LogP contribution in [0.15, 0.2) is 24.4 Å². The van der Waals surface area contributed by atoms with Crippen LogP contribution in [0.25, 0.3) is 20.8 Å². The Morgan fingerprint density at radius 3 is 2.27 bits per heavy atom. The van der Waals surface area contributed by atoms with Gasteiger partial charge in [-0.15, -0.1) is 11.3 Å². The van der Waals surface area contributed by atoms with E-state index in [4.69, 9.17) is 11.0 Å². The monoisotopic (exact) mass is 302 g/mol. The normalized spacial score (nSPS) is 9.86. The Balaban J connectivity index is 2.36. The lowest BCUT2D eigenvalue weighted by molar-refractivity contribution is 1.35. The highest BCUT2D eigenvalue weighted by Gasteiger charge is 2.18. The van der Waals surface area contributed by atoms with Crippen LogP contribution in [0.2, 0.25) is 0 Å². The summed E-state index contributed by atoms with van der Waals surface area (Å²) in [6.45, 7) is 0. The van der Waals surface area contributed by atoms with Gasteiger partial charge in [0.1, 0.15) is 10.8 Å². The molecule has 6 nitrogen and oxygen atoms in total. The van der Waals surface area contributed by atoms with Gasteiger partial charge >= 0.3 is 0 Å². The van der Waals surface area contributed by atoms with Crippen LogP contribution < -0.4 is 5.73 Å². The first kappa shape index (κ1) is 13.5. The highest BCUT2D eigenvalue weighted by molar-refractivity contribution is 7.22. The molecule has 0 atom stereocenters. The molecule has 0 unspecified atom stereocenters. The number of nitrogens with two attached hydrogens (primary N) is 1. The highest BCUT2D eigenvalue weighted by atomic mass is 32.1. The molecule has 2 aromatic heterocycles. The second kappa shape index (κ2) is 5.14. The third kappa shape index (κ3) is 2.01. The molecule has 0 aliphatic heterocycles. The van der Waals surface area contributed by atoms with Crippen molar-refractivity contribution in [2.24, 2.45) is 0 Å². The summed E-state index contributed by atoms with van der Waals surface area (Å²) in [6, 6.07) is 10.6. The summed E-state index contributed by atoms with van der Waals surface area (Å²) in [5.74, 6) is 0.354. The van der Waals surface area contributed by atoms with Crippen LogP contribution >= 0.6 is 11.3 Å². The number of nitriles is 3. The fourth-order valence-corrected chi connectivity index (χ4v) is 3.13. The van der Waals surface area contributed by atoms with E-state index >= 15 is 0 Å². The van der Waals surface area contributed by atoms with Crippen LogP contribution in [0.1, 0.15) is 16.7 Å². The molecule has 0 bridgehead atoms. The van der Waals surface area contributed by atoms with Crippen LogP contribution in [0.3, 0.4) is 0 Å². The number of anilines is 1. The predicted molar refractivity (Wildman–Crippen MR) is 81.4 cm³/mol. The smallest absolute Gasteiger partial charge is 0.143 e. The minimum absolute atomic E-state index is 0.237. The molecule has 0 saturated heterocycles. The molecule has 2 heterocycles. The molecule has 0 amide bonds. The molecule has 0 radical (unpaired) electrons. The van der Waals surface area contributed by atoms with Crippen molar-refractivity contribution in [3.63, 3.8) is 0 Å². The molecular formula is C15H6N6S. The van der Waals surface area contributed by atoms with Gasteiger partial charge in [-0.3, -0.25) is 0 Å². The number of pyridine rings is 1. The van der Waals surface area contributed by atoms with Gasteiger partial charge in [-0.2, -0.15) is 15.8 Å². The second-order valence-corrected chi connectivity index (χ2v) is 5.34. The first-order valence-corrected chi connectivity index (χ1v) is 6.89. The fourth-order valence-electron chi connectivity index (χ4n) is 2.10. The van der Waals surface area contributed by atoms with Crippen molar-refractivity contribution in [2.45, 2.75) is 0 Å². The zero-order chi connectivity index (χ0) is 15.7. The van der Waals surface area contributed by atoms with Crippen LogP contribution in [0.5, 0.6) is 0 Å². The Morgan fingerprint density at radius 1 is 1.05 bits per heavy atom. The lowest BCUT2D eigenvalue weighted by atomic mass is 9.99. The van der Waals surface area contributed by atoms with Crippen molar-refractivity contribution in [1.29, 1.82) is 15.8 Å². The number of aromatic nitrogens is 2. The van der Waals surface area contributed by atoms with Gasteiger partial charge < -0.3 is 5.73 Å². The van der Waals surface area contributed by atoms with E-state index in [1.54, 1.807) is 12.3 Å². The van der Waals surface area contributed by atoms with Gasteiger partial charge in [0.25, 0.3) is 0 Å². The van der Waals surface area contributed by atoms with Crippen molar-refractivity contribution < 1.29 is 0 Å². The number of nitrogen functional groups attached to an aromatic ring is 1. The number of thiazole rings is 1. The molecule has 22 heavy (non-hydrogen) atoms. The van der Waals surface area contributed by atoms with E-state index in [0.29, 0.717) is 26.6 Å². The van der Waals surface area contributed by atoms with Crippen LogP contribution in [-0.4, -0.2) is 9.97 Å². The Morgan fingerprint density at radius 2 is 1.73 bits per heavy atom. The Kier molecular flexibility index (Phi) is 3.16. The quantitative estimate of drug-likeness (QED) is 0.736. The Bertz CT molecular complexity index is 994. The zero-order valence-corrected chi connectivity index (χ0v) is 11.8. The maximum Gasteiger partial charge on any atom is 0.143 e. The van der Waals surface area contributed by atoms with Gasteiger partial charge in [0.15, 0.2) is 0 Å². The number of hydrogen-bond donors (Lipinski definition) is 1. The summed E-state index contributed by atoms with van der Waals surface area (Å²) in [7, 11) is 0. The van der Waals surface area contributed by atoms with E-state index in [1.165, 1.54) is 23.5 Å². The molecular weight excluding hydrogens is 296 g/mol. The van der Waals surface area contributed by atoms with E-state index in [2.05, 4.69) is 9.97 Å². The van der Waals surface area contributed by atoms with E-state index in [9.17, 15) is 10.5 Å². The van der Waals surface area contributed by atoms with Crippen molar-refractivity contribution in [2.75, 3.05) is 5.73 Å². The maximum atomic E-state index is 9.32.